The van der Waals surface area contributed by atoms with E-state index in [1.54, 1.807) is 29.3 Å². The Balaban J connectivity index is 1.47. The third-order valence-corrected chi connectivity index (χ3v) is 6.01. The van der Waals surface area contributed by atoms with Gasteiger partial charge in [-0.2, -0.15) is 0 Å². The highest BCUT2D eigenvalue weighted by atomic mass is 35.5. The topological polar surface area (TPSA) is 79.7 Å². The maximum absolute atomic E-state index is 12.6. The molecule has 136 valence electrons. The summed E-state index contributed by atoms with van der Waals surface area (Å²) in [5, 5.41) is 11.0. The molecule has 2 aliphatic rings. The van der Waals surface area contributed by atoms with Crippen LogP contribution in [0.4, 0.5) is 0 Å². The molecule has 0 unspecified atom stereocenters. The van der Waals surface area contributed by atoms with Crippen LogP contribution >= 0.6 is 11.6 Å². The monoisotopic (exact) mass is 374 g/mol. The first-order valence-corrected chi connectivity index (χ1v) is 9.06. The third kappa shape index (κ3) is 2.69. The average molecular weight is 375 g/mol. The Morgan fingerprint density at radius 3 is 3.00 bits per heavy atom. The molecule has 1 N–H and O–H groups in total. The molecular formula is C19H19ClN2O4. The lowest BCUT2D eigenvalue weighted by Crippen LogP contribution is -2.38. The van der Waals surface area contributed by atoms with Crippen LogP contribution in [0, 0.1) is 11.3 Å². The zero-order chi connectivity index (χ0) is 18.3. The summed E-state index contributed by atoms with van der Waals surface area (Å²) >= 11 is 6.17. The van der Waals surface area contributed by atoms with Crippen molar-refractivity contribution in [2.24, 2.45) is 11.3 Å². The molecule has 26 heavy (non-hydrogen) atoms. The molecule has 1 amide bonds. The number of halogens is 1. The van der Waals surface area contributed by atoms with Crippen molar-refractivity contribution in [3.05, 3.63) is 35.5 Å². The number of hydrogen-bond donors (Lipinski definition) is 1. The highest BCUT2D eigenvalue weighted by molar-refractivity contribution is 6.35. The second-order valence-corrected chi connectivity index (χ2v) is 7.47. The van der Waals surface area contributed by atoms with Gasteiger partial charge in [0.2, 0.25) is 0 Å². The second-order valence-electron chi connectivity index (χ2n) is 7.06. The molecule has 1 aliphatic heterocycles. The van der Waals surface area contributed by atoms with Crippen molar-refractivity contribution in [3.63, 3.8) is 0 Å². The highest BCUT2D eigenvalue weighted by Crippen LogP contribution is 2.48. The molecule has 1 saturated heterocycles. The summed E-state index contributed by atoms with van der Waals surface area (Å²) < 4.78 is 5.70. The SMILES string of the molecule is O=C(COc1ccc(Cl)c2cccnc12)N1C[C@@H]2CCC[C@@]2(C(=O)O)C1. The summed E-state index contributed by atoms with van der Waals surface area (Å²) in [5.74, 6) is -0.448. The fraction of sp³-hybridized carbons (Fsp3) is 0.421. The number of carboxylic acid groups (broad SMARTS) is 1. The molecule has 1 aromatic carbocycles. The van der Waals surface area contributed by atoms with Crippen LogP contribution < -0.4 is 4.74 Å². The van der Waals surface area contributed by atoms with Crippen LogP contribution in [-0.2, 0) is 9.59 Å². The Hall–Kier alpha value is -2.34. The van der Waals surface area contributed by atoms with Gasteiger partial charge in [-0.05, 0) is 43.0 Å². The van der Waals surface area contributed by atoms with Gasteiger partial charge in [0.1, 0.15) is 11.3 Å². The molecule has 0 bridgehead atoms. The van der Waals surface area contributed by atoms with Crippen LogP contribution in [0.25, 0.3) is 10.9 Å². The van der Waals surface area contributed by atoms with Crippen molar-refractivity contribution in [2.75, 3.05) is 19.7 Å². The quantitative estimate of drug-likeness (QED) is 0.889. The summed E-state index contributed by atoms with van der Waals surface area (Å²) in [7, 11) is 0. The van der Waals surface area contributed by atoms with Gasteiger partial charge in [0, 0.05) is 24.7 Å². The number of pyridine rings is 1. The zero-order valence-corrected chi connectivity index (χ0v) is 14.9. The molecule has 7 heteroatoms. The Bertz CT molecular complexity index is 887. The van der Waals surface area contributed by atoms with Crippen LogP contribution in [0.2, 0.25) is 5.02 Å². The van der Waals surface area contributed by atoms with Crippen molar-refractivity contribution in [1.82, 2.24) is 9.88 Å². The number of rotatable bonds is 4. The number of aromatic nitrogens is 1. The minimum atomic E-state index is -0.788. The van der Waals surface area contributed by atoms with E-state index in [-0.39, 0.29) is 25.0 Å². The van der Waals surface area contributed by atoms with Crippen LogP contribution in [-0.4, -0.2) is 46.6 Å². The second kappa shape index (κ2) is 6.43. The van der Waals surface area contributed by atoms with Crippen LogP contribution in [0.3, 0.4) is 0 Å². The summed E-state index contributed by atoms with van der Waals surface area (Å²) in [4.78, 5) is 30.2. The summed E-state index contributed by atoms with van der Waals surface area (Å²) in [6.07, 6.45) is 4.07. The number of aliphatic carboxylic acids is 1. The summed E-state index contributed by atoms with van der Waals surface area (Å²) in [5.41, 5.74) is -0.169. The van der Waals surface area contributed by atoms with Gasteiger partial charge in [-0.15, -0.1) is 0 Å². The molecule has 1 aliphatic carbocycles. The zero-order valence-electron chi connectivity index (χ0n) is 14.2. The van der Waals surface area contributed by atoms with Crippen LogP contribution in [0.15, 0.2) is 30.5 Å². The number of carboxylic acids is 1. The number of benzene rings is 1. The van der Waals surface area contributed by atoms with Crippen molar-refractivity contribution >= 4 is 34.4 Å². The number of nitrogens with zero attached hydrogens (tertiary/aromatic N) is 2. The minimum Gasteiger partial charge on any atom is -0.481 e. The first-order chi connectivity index (χ1) is 12.5. The highest BCUT2D eigenvalue weighted by Gasteiger charge is 2.55. The van der Waals surface area contributed by atoms with Crippen LogP contribution in [0.5, 0.6) is 5.75 Å². The number of ether oxygens (including phenoxy) is 1. The summed E-state index contributed by atoms with van der Waals surface area (Å²) in [6.45, 7) is 0.624. The molecule has 2 heterocycles. The number of carbonyl (C=O) groups excluding carboxylic acids is 1. The van der Waals surface area contributed by atoms with Gasteiger partial charge < -0.3 is 14.7 Å². The van der Waals surface area contributed by atoms with Gasteiger partial charge in [-0.25, -0.2) is 0 Å². The van der Waals surface area contributed by atoms with Crippen molar-refractivity contribution in [1.29, 1.82) is 0 Å². The number of fused-ring (bicyclic) bond motifs is 2. The van der Waals surface area contributed by atoms with E-state index in [2.05, 4.69) is 4.98 Å². The molecule has 2 fully saturated rings. The Kier molecular flexibility index (Phi) is 4.23. The maximum Gasteiger partial charge on any atom is 0.311 e. The molecule has 4 rings (SSSR count). The predicted molar refractivity (Wildman–Crippen MR) is 96.2 cm³/mol. The van der Waals surface area contributed by atoms with Gasteiger partial charge in [0.15, 0.2) is 6.61 Å². The van der Waals surface area contributed by atoms with Crippen molar-refractivity contribution in [2.45, 2.75) is 19.3 Å². The Labute approximate surface area is 155 Å². The van der Waals surface area contributed by atoms with E-state index in [0.29, 0.717) is 29.3 Å². The van der Waals surface area contributed by atoms with E-state index in [9.17, 15) is 14.7 Å². The summed E-state index contributed by atoms with van der Waals surface area (Å²) in [6, 6.07) is 7.04. The predicted octanol–water partition coefficient (Wildman–Crippen LogP) is 2.98. The van der Waals surface area contributed by atoms with E-state index in [1.807, 2.05) is 6.07 Å². The molecule has 0 spiro atoms. The average Bonchev–Trinajstić information content (AvgIpc) is 3.20. The van der Waals surface area contributed by atoms with E-state index in [1.165, 1.54) is 0 Å². The fourth-order valence-corrected chi connectivity index (χ4v) is 4.50. The Morgan fingerprint density at radius 2 is 2.23 bits per heavy atom. The van der Waals surface area contributed by atoms with Gasteiger partial charge in [-0.3, -0.25) is 14.6 Å². The standard InChI is InChI=1S/C19H19ClN2O4/c20-14-5-6-15(17-13(14)4-2-8-21-17)26-10-16(23)22-9-12-3-1-7-19(12,11-22)18(24)25/h2,4-6,8,12H,1,3,7,9-11H2,(H,24,25)/t12-,19+/m0/s1. The maximum atomic E-state index is 12.6. The number of hydrogen-bond acceptors (Lipinski definition) is 4. The number of likely N-dealkylation sites (tertiary alicyclic amines) is 1. The van der Waals surface area contributed by atoms with E-state index in [4.69, 9.17) is 16.3 Å². The van der Waals surface area contributed by atoms with E-state index < -0.39 is 11.4 Å². The molecule has 6 nitrogen and oxygen atoms in total. The molecule has 2 aromatic rings. The normalized spacial score (nSPS) is 24.7. The lowest BCUT2D eigenvalue weighted by molar-refractivity contribution is -0.149. The first-order valence-electron chi connectivity index (χ1n) is 8.68. The number of carbonyl (C=O) groups is 2. The van der Waals surface area contributed by atoms with Gasteiger partial charge in [-0.1, -0.05) is 18.0 Å². The minimum absolute atomic E-state index is 0.0435. The fourth-order valence-electron chi connectivity index (χ4n) is 4.29. The van der Waals surface area contributed by atoms with E-state index >= 15 is 0 Å². The number of amides is 1. The smallest absolute Gasteiger partial charge is 0.311 e. The lowest BCUT2D eigenvalue weighted by atomic mass is 9.81. The first kappa shape index (κ1) is 17.1. The molecule has 2 atom stereocenters. The molecule has 1 aromatic heterocycles. The van der Waals surface area contributed by atoms with E-state index in [0.717, 1.165) is 18.2 Å². The molecular weight excluding hydrogens is 356 g/mol. The van der Waals surface area contributed by atoms with Crippen molar-refractivity contribution < 1.29 is 19.4 Å². The van der Waals surface area contributed by atoms with Crippen LogP contribution in [0.1, 0.15) is 19.3 Å². The lowest BCUT2D eigenvalue weighted by Gasteiger charge is -2.23. The largest absolute Gasteiger partial charge is 0.481 e. The van der Waals surface area contributed by atoms with Gasteiger partial charge in [0.25, 0.3) is 5.91 Å². The molecule has 0 radical (unpaired) electrons. The Morgan fingerprint density at radius 1 is 1.38 bits per heavy atom. The third-order valence-electron chi connectivity index (χ3n) is 5.68. The molecule has 1 saturated carbocycles. The van der Waals surface area contributed by atoms with Gasteiger partial charge in [0.05, 0.1) is 10.4 Å². The van der Waals surface area contributed by atoms with Gasteiger partial charge >= 0.3 is 5.97 Å². The van der Waals surface area contributed by atoms with Crippen molar-refractivity contribution in [3.8, 4) is 5.75 Å².